The van der Waals surface area contributed by atoms with E-state index in [1.54, 1.807) is 0 Å². The number of benzene rings is 11. The Morgan fingerprint density at radius 1 is 0.204 bits per heavy atom. The van der Waals surface area contributed by atoms with E-state index in [4.69, 9.17) is 29.9 Å². The lowest BCUT2D eigenvalue weighted by atomic mass is 9.67. The molecule has 0 amide bonds. The molecule has 7 nitrogen and oxygen atoms in total. The number of rotatable bonds is 10. The van der Waals surface area contributed by atoms with Crippen LogP contribution in [-0.4, -0.2) is 34.9 Å². The van der Waals surface area contributed by atoms with Crippen molar-refractivity contribution in [2.24, 2.45) is 0 Å². The normalized spacial score (nSPS) is 12.9. The Hall–Kier alpha value is -13.0. The van der Waals surface area contributed by atoms with Gasteiger partial charge < -0.3 is 0 Å². The predicted molar refractivity (Wildman–Crippen MR) is 395 cm³/mol. The fraction of sp³-hybridized carbons (Fsp3) is 0.0220. The molecule has 1 spiro atoms. The fourth-order valence-electron chi connectivity index (χ4n) is 15.3. The van der Waals surface area contributed by atoms with Gasteiger partial charge in [0.2, 0.25) is 0 Å². The fourth-order valence-corrected chi connectivity index (χ4v) is 15.3. The van der Waals surface area contributed by atoms with Gasteiger partial charge in [0.1, 0.15) is 0 Å². The van der Waals surface area contributed by atoms with Crippen molar-refractivity contribution in [2.75, 3.05) is 0 Å². The van der Waals surface area contributed by atoms with Crippen molar-refractivity contribution in [1.29, 1.82) is 0 Å². The van der Waals surface area contributed by atoms with Gasteiger partial charge in [-0.1, -0.05) is 285 Å². The highest BCUT2D eigenvalue weighted by atomic mass is 14.9. The highest BCUT2D eigenvalue weighted by molar-refractivity contribution is 5.94. The monoisotopic (exact) mass is 1250 g/mol. The van der Waals surface area contributed by atoms with Crippen molar-refractivity contribution in [3.05, 3.63) is 403 Å². The standard InChI is InChI=1S/C46H31N3.C45H28N4/c1-5-14-32(15-6-1)43-30-44(49-45(48-43)33-16-7-2-8-17-33)36-19-13-18-34(28-36)35-24-25-39-40-31-47-27-26-41(40)46(42(39)29-35,37-20-9-3-10-21-37)38-22-11-4-12-23-38;1-3-13-29(14-4-1)40-27-41(49-44(48-40)30-15-5-2-6-16-30)32-18-11-17-31(25-32)33-26-39-43(47-28-33)42-38(23-12-24-46-42)45(39)36-21-9-7-19-34(36)35-20-8-10-22-37(35)45/h1-31H;1-28H. The second-order valence-electron chi connectivity index (χ2n) is 25.1. The summed E-state index contributed by atoms with van der Waals surface area (Å²) in [5.74, 6) is 1.41. The summed E-state index contributed by atoms with van der Waals surface area (Å²) in [5, 5.41) is 0. The molecule has 0 fully saturated rings. The van der Waals surface area contributed by atoms with E-state index in [-0.39, 0.29) is 0 Å². The van der Waals surface area contributed by atoms with Crippen LogP contribution in [0.1, 0.15) is 44.5 Å². The van der Waals surface area contributed by atoms with Crippen molar-refractivity contribution >= 4 is 0 Å². The molecule has 11 aromatic carbocycles. The number of hydrogen-bond acceptors (Lipinski definition) is 7. The number of nitrogens with zero attached hydrogens (tertiary/aromatic N) is 7. The van der Waals surface area contributed by atoms with Gasteiger partial charge in [0.15, 0.2) is 11.6 Å². The van der Waals surface area contributed by atoms with Crippen LogP contribution < -0.4 is 0 Å². The molecule has 7 heteroatoms. The van der Waals surface area contributed by atoms with Gasteiger partial charge in [-0.2, -0.15) is 0 Å². The molecule has 0 radical (unpaired) electrons. The Kier molecular flexibility index (Phi) is 14.2. The van der Waals surface area contributed by atoms with Crippen molar-refractivity contribution in [2.45, 2.75) is 10.8 Å². The Balaban J connectivity index is 0.000000142. The van der Waals surface area contributed by atoms with Gasteiger partial charge in [-0.25, -0.2) is 19.9 Å². The molecule has 0 saturated carbocycles. The minimum Gasteiger partial charge on any atom is -0.264 e. The summed E-state index contributed by atoms with van der Waals surface area (Å²) in [6.45, 7) is 0. The highest BCUT2D eigenvalue weighted by Crippen LogP contribution is 2.62. The quantitative estimate of drug-likeness (QED) is 0.135. The lowest BCUT2D eigenvalue weighted by Gasteiger charge is -2.34. The van der Waals surface area contributed by atoms with Crippen LogP contribution >= 0.6 is 0 Å². The molecule has 5 aromatic heterocycles. The molecule has 3 aliphatic carbocycles. The zero-order chi connectivity index (χ0) is 65.0. The van der Waals surface area contributed by atoms with E-state index in [1.165, 1.54) is 66.8 Å². The molecule has 16 aromatic rings. The third-order valence-electron chi connectivity index (χ3n) is 19.7. The van der Waals surface area contributed by atoms with E-state index in [2.05, 4.69) is 266 Å². The zero-order valence-corrected chi connectivity index (χ0v) is 53.2. The zero-order valence-electron chi connectivity index (χ0n) is 53.2. The molecule has 98 heavy (non-hydrogen) atoms. The molecule has 0 unspecified atom stereocenters. The van der Waals surface area contributed by atoms with Gasteiger partial charge in [-0.15, -0.1) is 0 Å². The van der Waals surface area contributed by atoms with Crippen LogP contribution in [-0.2, 0) is 10.8 Å². The smallest absolute Gasteiger partial charge is 0.160 e. The molecule has 0 N–H and O–H groups in total. The number of aromatic nitrogens is 7. The minimum absolute atomic E-state index is 0.481. The maximum absolute atomic E-state index is 5.16. The maximum Gasteiger partial charge on any atom is 0.160 e. The summed E-state index contributed by atoms with van der Waals surface area (Å²) in [7, 11) is 0. The SMILES string of the molecule is c1ccc(-c2cc(-c3cccc(-c4ccc5c(c4)C(c4ccccc4)(c4ccccc4)c4ccncc4-5)c3)nc(-c3ccccc3)n2)cc1.c1ccc(-c2cc(-c3cccc(-c4cnc5c(c4)C4(c6ccccc6-c6ccccc64)c4cccnc4-5)c3)nc(-c3ccccc3)n2)cc1. The van der Waals surface area contributed by atoms with Crippen molar-refractivity contribution in [3.8, 4) is 124 Å². The molecule has 458 valence electrons. The van der Waals surface area contributed by atoms with E-state index in [9.17, 15) is 0 Å². The largest absolute Gasteiger partial charge is 0.264 e. The summed E-state index contributed by atoms with van der Waals surface area (Å²) in [4.78, 5) is 34.8. The summed E-state index contributed by atoms with van der Waals surface area (Å²) >= 11 is 0. The third kappa shape index (κ3) is 9.62. The van der Waals surface area contributed by atoms with Gasteiger partial charge in [0.05, 0.1) is 45.0 Å². The second-order valence-corrected chi connectivity index (χ2v) is 25.1. The first kappa shape index (κ1) is 57.7. The molecule has 5 heterocycles. The topological polar surface area (TPSA) is 90.2 Å². The van der Waals surface area contributed by atoms with E-state index in [0.29, 0.717) is 11.6 Å². The van der Waals surface area contributed by atoms with Gasteiger partial charge in [0.25, 0.3) is 0 Å². The summed E-state index contributed by atoms with van der Waals surface area (Å²) < 4.78 is 0. The van der Waals surface area contributed by atoms with Crippen molar-refractivity contribution in [3.63, 3.8) is 0 Å². The lowest BCUT2D eigenvalue weighted by Crippen LogP contribution is -2.28. The average molecular weight is 1250 g/mol. The second kappa shape index (κ2) is 24.1. The maximum atomic E-state index is 5.16. The van der Waals surface area contributed by atoms with Gasteiger partial charge in [-0.05, 0) is 121 Å². The van der Waals surface area contributed by atoms with Gasteiger partial charge in [-0.3, -0.25) is 15.0 Å². The van der Waals surface area contributed by atoms with Crippen LogP contribution in [0.4, 0.5) is 0 Å². The molecular weight excluding hydrogens is 1190 g/mol. The number of hydrogen-bond donors (Lipinski definition) is 0. The third-order valence-corrected chi connectivity index (χ3v) is 19.7. The summed E-state index contributed by atoms with van der Waals surface area (Å²) in [6.07, 6.45) is 7.81. The van der Waals surface area contributed by atoms with E-state index in [1.807, 2.05) is 97.6 Å². The molecular formula is C91H59N7. The first-order valence-corrected chi connectivity index (χ1v) is 33.2. The summed E-state index contributed by atoms with van der Waals surface area (Å²) in [5.41, 5.74) is 29.8. The first-order chi connectivity index (χ1) is 48.6. The molecule has 19 rings (SSSR count). The highest BCUT2D eigenvalue weighted by Gasteiger charge is 2.53. The van der Waals surface area contributed by atoms with Crippen LogP contribution in [0.15, 0.2) is 358 Å². The Morgan fingerprint density at radius 3 is 1.14 bits per heavy atom. The number of pyridine rings is 3. The van der Waals surface area contributed by atoms with Crippen molar-refractivity contribution < 1.29 is 0 Å². The van der Waals surface area contributed by atoms with Gasteiger partial charge in [0, 0.05) is 74.9 Å². The van der Waals surface area contributed by atoms with Crippen LogP contribution in [0.3, 0.4) is 0 Å². The van der Waals surface area contributed by atoms with Crippen LogP contribution in [0, 0.1) is 0 Å². The van der Waals surface area contributed by atoms with E-state index >= 15 is 0 Å². The summed E-state index contributed by atoms with van der Waals surface area (Å²) in [6, 6.07) is 118. The number of fused-ring (bicyclic) bond motifs is 13. The Bertz CT molecular complexity index is 5200. The average Bonchev–Trinajstić information content (AvgIpc) is 1.51. The van der Waals surface area contributed by atoms with E-state index < -0.39 is 10.8 Å². The molecule has 0 aliphatic heterocycles. The molecule has 3 aliphatic rings. The first-order valence-electron chi connectivity index (χ1n) is 33.2. The van der Waals surface area contributed by atoms with Crippen LogP contribution in [0.25, 0.3) is 124 Å². The molecule has 0 saturated heterocycles. The Morgan fingerprint density at radius 2 is 0.602 bits per heavy atom. The molecule has 0 atom stereocenters. The Labute approximate surface area is 569 Å². The predicted octanol–water partition coefficient (Wildman–Crippen LogP) is 21.2. The van der Waals surface area contributed by atoms with Crippen LogP contribution in [0.5, 0.6) is 0 Å². The van der Waals surface area contributed by atoms with Crippen molar-refractivity contribution in [1.82, 2.24) is 34.9 Å². The van der Waals surface area contributed by atoms with E-state index in [0.717, 1.165) is 89.8 Å². The van der Waals surface area contributed by atoms with Gasteiger partial charge >= 0.3 is 0 Å². The minimum atomic E-state index is -0.492. The molecule has 0 bridgehead atoms. The van der Waals surface area contributed by atoms with Crippen LogP contribution in [0.2, 0.25) is 0 Å². The lowest BCUT2D eigenvalue weighted by molar-refractivity contribution is 0.767.